The molecule has 0 fully saturated rings. The molecular formula is C14H22O3. The number of aliphatic hydroxyl groups is 1. The van der Waals surface area contributed by atoms with Crippen LogP contribution in [0.3, 0.4) is 0 Å². The summed E-state index contributed by atoms with van der Waals surface area (Å²) < 4.78 is 10.9. The van der Waals surface area contributed by atoms with Crippen LogP contribution in [0.2, 0.25) is 0 Å². The monoisotopic (exact) mass is 238 g/mol. The fraction of sp³-hybridized carbons (Fsp3) is 0.571. The lowest BCUT2D eigenvalue weighted by atomic mass is 10.1. The maximum absolute atomic E-state index is 9.94. The van der Waals surface area contributed by atoms with Gasteiger partial charge < -0.3 is 14.6 Å². The van der Waals surface area contributed by atoms with E-state index in [0.717, 1.165) is 11.3 Å². The normalized spacial score (nSPS) is 13.5. The lowest BCUT2D eigenvalue weighted by Crippen LogP contribution is -2.22. The minimum absolute atomic E-state index is 0.230. The molecule has 0 spiro atoms. The number of hydrogen-bond acceptors (Lipinski definition) is 3. The zero-order chi connectivity index (χ0) is 12.9. The van der Waals surface area contributed by atoms with Gasteiger partial charge >= 0.3 is 0 Å². The van der Waals surface area contributed by atoms with Gasteiger partial charge in [0, 0.05) is 0 Å². The summed E-state index contributed by atoms with van der Waals surface area (Å²) in [6.07, 6.45) is -0.593. The van der Waals surface area contributed by atoms with Crippen LogP contribution in [-0.4, -0.2) is 23.9 Å². The summed E-state index contributed by atoms with van der Waals surface area (Å²) in [5.41, 5.74) is 0.615. The van der Waals surface area contributed by atoms with Crippen LogP contribution in [0.1, 0.15) is 39.4 Å². The number of benzene rings is 1. The number of rotatable bonds is 5. The summed E-state index contributed by atoms with van der Waals surface area (Å²) >= 11 is 0. The molecule has 0 aliphatic rings. The SMILES string of the molecule is CCOc1ccc(C(O)COC(C)(C)C)cc1. The van der Waals surface area contributed by atoms with Crippen molar-refractivity contribution in [2.75, 3.05) is 13.2 Å². The second-order valence-corrected chi connectivity index (χ2v) is 4.94. The van der Waals surface area contributed by atoms with E-state index in [1.807, 2.05) is 52.0 Å². The Balaban J connectivity index is 2.54. The highest BCUT2D eigenvalue weighted by atomic mass is 16.5. The molecule has 0 heterocycles. The van der Waals surface area contributed by atoms with Crippen LogP contribution in [0.4, 0.5) is 0 Å². The molecule has 1 N–H and O–H groups in total. The Morgan fingerprint density at radius 2 is 1.76 bits per heavy atom. The predicted molar refractivity (Wildman–Crippen MR) is 68.3 cm³/mol. The quantitative estimate of drug-likeness (QED) is 0.857. The number of ether oxygens (including phenoxy) is 2. The molecule has 1 rings (SSSR count). The zero-order valence-corrected chi connectivity index (χ0v) is 11.1. The molecule has 1 atom stereocenters. The van der Waals surface area contributed by atoms with Crippen LogP contribution in [0.25, 0.3) is 0 Å². The molecule has 1 unspecified atom stereocenters. The van der Waals surface area contributed by atoms with Crippen LogP contribution < -0.4 is 4.74 Å². The van der Waals surface area contributed by atoms with Crippen LogP contribution in [0.15, 0.2) is 24.3 Å². The molecule has 3 nitrogen and oxygen atoms in total. The van der Waals surface area contributed by atoms with Gasteiger partial charge in [0.05, 0.1) is 18.8 Å². The number of hydrogen-bond donors (Lipinski definition) is 1. The van der Waals surface area contributed by atoms with Crippen molar-refractivity contribution < 1.29 is 14.6 Å². The van der Waals surface area contributed by atoms with E-state index >= 15 is 0 Å². The topological polar surface area (TPSA) is 38.7 Å². The highest BCUT2D eigenvalue weighted by molar-refractivity contribution is 5.28. The summed E-state index contributed by atoms with van der Waals surface area (Å²) in [6, 6.07) is 7.45. The van der Waals surface area contributed by atoms with Gasteiger partial charge in [-0.15, -0.1) is 0 Å². The van der Waals surface area contributed by atoms with Gasteiger partial charge in [-0.2, -0.15) is 0 Å². The summed E-state index contributed by atoms with van der Waals surface area (Å²) in [5, 5.41) is 9.94. The van der Waals surface area contributed by atoms with Crippen molar-refractivity contribution in [1.29, 1.82) is 0 Å². The molecule has 0 aliphatic heterocycles. The van der Waals surface area contributed by atoms with Gasteiger partial charge in [0.2, 0.25) is 0 Å². The standard InChI is InChI=1S/C14H22O3/c1-5-16-12-8-6-11(7-9-12)13(15)10-17-14(2,3)4/h6-9,13,15H,5,10H2,1-4H3. The van der Waals surface area contributed by atoms with Gasteiger partial charge in [-0.1, -0.05) is 12.1 Å². The Kier molecular flexibility index (Phi) is 4.97. The van der Waals surface area contributed by atoms with Crippen LogP contribution in [-0.2, 0) is 4.74 Å². The fourth-order valence-corrected chi connectivity index (χ4v) is 1.38. The van der Waals surface area contributed by atoms with Crippen molar-refractivity contribution in [3.05, 3.63) is 29.8 Å². The lowest BCUT2D eigenvalue weighted by Gasteiger charge is -2.22. The Hall–Kier alpha value is -1.06. The minimum atomic E-state index is -0.593. The van der Waals surface area contributed by atoms with Crippen LogP contribution in [0, 0.1) is 0 Å². The minimum Gasteiger partial charge on any atom is -0.494 e. The van der Waals surface area contributed by atoms with E-state index in [2.05, 4.69) is 0 Å². The molecular weight excluding hydrogens is 216 g/mol. The first-order valence-corrected chi connectivity index (χ1v) is 5.97. The van der Waals surface area contributed by atoms with E-state index in [1.54, 1.807) is 0 Å². The first-order valence-electron chi connectivity index (χ1n) is 5.97. The van der Waals surface area contributed by atoms with Crippen molar-refractivity contribution >= 4 is 0 Å². The first kappa shape index (κ1) is 14.0. The molecule has 1 aromatic rings. The third-order valence-electron chi connectivity index (χ3n) is 2.25. The Morgan fingerprint density at radius 3 is 2.24 bits per heavy atom. The van der Waals surface area contributed by atoms with Crippen molar-refractivity contribution in [2.24, 2.45) is 0 Å². The first-order chi connectivity index (χ1) is 7.92. The lowest BCUT2D eigenvalue weighted by molar-refractivity contribution is -0.0496. The van der Waals surface area contributed by atoms with E-state index < -0.39 is 6.10 Å². The second kappa shape index (κ2) is 6.03. The predicted octanol–water partition coefficient (Wildman–Crippen LogP) is 2.93. The van der Waals surface area contributed by atoms with E-state index in [1.165, 1.54) is 0 Å². The Labute approximate surface area is 103 Å². The van der Waals surface area contributed by atoms with Gasteiger partial charge in [-0.25, -0.2) is 0 Å². The molecule has 0 aromatic heterocycles. The molecule has 0 bridgehead atoms. The van der Waals surface area contributed by atoms with Gasteiger partial charge in [0.1, 0.15) is 11.9 Å². The summed E-state index contributed by atoms with van der Waals surface area (Å²) in [7, 11) is 0. The smallest absolute Gasteiger partial charge is 0.119 e. The van der Waals surface area contributed by atoms with Crippen LogP contribution in [0.5, 0.6) is 5.75 Å². The van der Waals surface area contributed by atoms with Gasteiger partial charge in [0.25, 0.3) is 0 Å². The summed E-state index contributed by atoms with van der Waals surface area (Å²) in [6.45, 7) is 8.81. The molecule has 0 amide bonds. The van der Waals surface area contributed by atoms with Crippen molar-refractivity contribution in [1.82, 2.24) is 0 Å². The number of aliphatic hydroxyl groups excluding tert-OH is 1. The third-order valence-corrected chi connectivity index (χ3v) is 2.25. The average molecular weight is 238 g/mol. The van der Waals surface area contributed by atoms with Gasteiger partial charge in [-0.05, 0) is 45.4 Å². The van der Waals surface area contributed by atoms with E-state index in [0.29, 0.717) is 13.2 Å². The fourth-order valence-electron chi connectivity index (χ4n) is 1.38. The molecule has 17 heavy (non-hydrogen) atoms. The van der Waals surface area contributed by atoms with Gasteiger partial charge in [0.15, 0.2) is 0 Å². The van der Waals surface area contributed by atoms with Crippen molar-refractivity contribution in [3.8, 4) is 5.75 Å². The third kappa shape index (κ3) is 5.20. The Bertz CT molecular complexity index is 324. The van der Waals surface area contributed by atoms with E-state index in [9.17, 15) is 5.11 Å². The van der Waals surface area contributed by atoms with Crippen LogP contribution >= 0.6 is 0 Å². The molecule has 3 heteroatoms. The second-order valence-electron chi connectivity index (χ2n) is 4.94. The summed E-state index contributed by atoms with van der Waals surface area (Å²) in [4.78, 5) is 0. The molecule has 96 valence electrons. The highest BCUT2D eigenvalue weighted by Crippen LogP contribution is 2.19. The molecule has 0 radical (unpaired) electrons. The van der Waals surface area contributed by atoms with Gasteiger partial charge in [-0.3, -0.25) is 0 Å². The molecule has 0 aliphatic carbocycles. The molecule has 1 aromatic carbocycles. The maximum Gasteiger partial charge on any atom is 0.119 e. The van der Waals surface area contributed by atoms with Crippen molar-refractivity contribution in [2.45, 2.75) is 39.4 Å². The molecule has 0 saturated carbocycles. The largest absolute Gasteiger partial charge is 0.494 e. The zero-order valence-electron chi connectivity index (χ0n) is 11.1. The molecule has 0 saturated heterocycles. The Morgan fingerprint density at radius 1 is 1.18 bits per heavy atom. The van der Waals surface area contributed by atoms with Crippen molar-refractivity contribution in [3.63, 3.8) is 0 Å². The highest BCUT2D eigenvalue weighted by Gasteiger charge is 2.14. The summed E-state index contributed by atoms with van der Waals surface area (Å²) in [5.74, 6) is 0.820. The average Bonchev–Trinajstić information content (AvgIpc) is 2.26. The maximum atomic E-state index is 9.94. The van der Waals surface area contributed by atoms with E-state index in [-0.39, 0.29) is 5.60 Å². The van der Waals surface area contributed by atoms with E-state index in [4.69, 9.17) is 9.47 Å².